The number of anilines is 1. The number of amides is 1. The number of ether oxygens (including phenoxy) is 2. The standard InChI is InChI=1S/C12H12F3NO3/c1-7(17)16-10-4-8(12(13,14)15)2-3-11(10)19-6-9-5-18-9/h2-4,9H,5-6H2,1H3,(H,16,17)/t9-/m0/s1. The molecule has 0 aliphatic carbocycles. The quantitative estimate of drug-likeness (QED) is 0.859. The summed E-state index contributed by atoms with van der Waals surface area (Å²) in [6.07, 6.45) is -4.49. The van der Waals surface area contributed by atoms with Crippen LogP contribution in [0, 0.1) is 0 Å². The molecule has 1 aliphatic heterocycles. The molecule has 19 heavy (non-hydrogen) atoms. The second kappa shape index (κ2) is 5.08. The van der Waals surface area contributed by atoms with E-state index in [4.69, 9.17) is 9.47 Å². The van der Waals surface area contributed by atoms with Crippen LogP contribution >= 0.6 is 0 Å². The number of epoxide rings is 1. The topological polar surface area (TPSA) is 50.9 Å². The summed E-state index contributed by atoms with van der Waals surface area (Å²) in [7, 11) is 0. The highest BCUT2D eigenvalue weighted by atomic mass is 19.4. The van der Waals surface area contributed by atoms with E-state index in [2.05, 4.69) is 5.32 Å². The lowest BCUT2D eigenvalue weighted by Gasteiger charge is -2.14. The average Bonchev–Trinajstić information content (AvgIpc) is 3.09. The molecule has 1 N–H and O–H groups in total. The van der Waals surface area contributed by atoms with Gasteiger partial charge in [-0.3, -0.25) is 4.79 Å². The van der Waals surface area contributed by atoms with E-state index in [1.165, 1.54) is 13.0 Å². The molecule has 104 valence electrons. The van der Waals surface area contributed by atoms with Crippen LogP contribution in [0.1, 0.15) is 12.5 Å². The molecule has 1 amide bonds. The van der Waals surface area contributed by atoms with Crippen molar-refractivity contribution >= 4 is 11.6 Å². The summed E-state index contributed by atoms with van der Waals surface area (Å²) in [5.74, 6) is -0.273. The number of hydrogen-bond donors (Lipinski definition) is 1. The van der Waals surface area contributed by atoms with Crippen molar-refractivity contribution in [3.05, 3.63) is 23.8 Å². The van der Waals surface area contributed by atoms with E-state index in [1.54, 1.807) is 0 Å². The summed E-state index contributed by atoms with van der Waals surface area (Å²) in [6.45, 7) is 2.04. The van der Waals surface area contributed by atoms with Gasteiger partial charge < -0.3 is 14.8 Å². The Labute approximate surface area is 107 Å². The van der Waals surface area contributed by atoms with Crippen LogP contribution in [-0.2, 0) is 15.7 Å². The third-order valence-corrected chi connectivity index (χ3v) is 2.44. The van der Waals surface area contributed by atoms with Crippen molar-refractivity contribution in [1.29, 1.82) is 0 Å². The van der Waals surface area contributed by atoms with Gasteiger partial charge in [0.25, 0.3) is 0 Å². The normalized spacial score (nSPS) is 18.0. The first-order chi connectivity index (χ1) is 8.86. The number of halogens is 3. The Hall–Kier alpha value is -1.76. The summed E-state index contributed by atoms with van der Waals surface area (Å²) >= 11 is 0. The molecule has 0 unspecified atom stereocenters. The van der Waals surface area contributed by atoms with Gasteiger partial charge in [0.2, 0.25) is 5.91 Å². The number of hydrogen-bond acceptors (Lipinski definition) is 3. The van der Waals surface area contributed by atoms with Gasteiger partial charge in [-0.25, -0.2) is 0 Å². The highest BCUT2D eigenvalue weighted by molar-refractivity contribution is 5.90. The fraction of sp³-hybridized carbons (Fsp3) is 0.417. The van der Waals surface area contributed by atoms with Crippen LogP contribution in [-0.4, -0.2) is 25.2 Å². The smallest absolute Gasteiger partial charge is 0.416 e. The van der Waals surface area contributed by atoms with Crippen LogP contribution in [0.2, 0.25) is 0 Å². The Bertz CT molecular complexity index is 484. The maximum Gasteiger partial charge on any atom is 0.416 e. The van der Waals surface area contributed by atoms with Crippen LogP contribution in [0.25, 0.3) is 0 Å². The molecule has 0 aromatic heterocycles. The monoisotopic (exact) mass is 275 g/mol. The molecule has 1 heterocycles. The van der Waals surface area contributed by atoms with Gasteiger partial charge in [0.05, 0.1) is 17.9 Å². The third-order valence-electron chi connectivity index (χ3n) is 2.44. The van der Waals surface area contributed by atoms with Crippen LogP contribution in [0.15, 0.2) is 18.2 Å². The van der Waals surface area contributed by atoms with Gasteiger partial charge in [0, 0.05) is 6.92 Å². The molecule has 0 spiro atoms. The van der Waals surface area contributed by atoms with E-state index in [0.29, 0.717) is 6.61 Å². The predicted octanol–water partition coefficient (Wildman–Crippen LogP) is 2.44. The molecule has 0 bridgehead atoms. The van der Waals surface area contributed by atoms with Gasteiger partial charge >= 0.3 is 6.18 Å². The van der Waals surface area contributed by atoms with E-state index in [1.807, 2.05) is 0 Å². The van der Waals surface area contributed by atoms with E-state index in [-0.39, 0.29) is 24.1 Å². The van der Waals surface area contributed by atoms with Crippen LogP contribution < -0.4 is 10.1 Å². The Balaban J connectivity index is 2.21. The number of rotatable bonds is 4. The van der Waals surface area contributed by atoms with Crippen LogP contribution in [0.4, 0.5) is 18.9 Å². The van der Waals surface area contributed by atoms with E-state index >= 15 is 0 Å². The molecule has 4 nitrogen and oxygen atoms in total. The molecular formula is C12H12F3NO3. The largest absolute Gasteiger partial charge is 0.489 e. The first kappa shape index (κ1) is 13.7. The lowest BCUT2D eigenvalue weighted by molar-refractivity contribution is -0.137. The van der Waals surface area contributed by atoms with Gasteiger partial charge in [-0.05, 0) is 18.2 Å². The Morgan fingerprint density at radius 1 is 1.53 bits per heavy atom. The van der Waals surface area contributed by atoms with Crippen LogP contribution in [0.3, 0.4) is 0 Å². The molecule has 2 rings (SSSR count). The first-order valence-corrected chi connectivity index (χ1v) is 5.59. The van der Waals surface area contributed by atoms with Crippen molar-refractivity contribution in [1.82, 2.24) is 0 Å². The minimum absolute atomic E-state index is 0.00275. The molecule has 0 saturated carbocycles. The van der Waals surface area contributed by atoms with Crippen molar-refractivity contribution in [2.24, 2.45) is 0 Å². The van der Waals surface area contributed by atoms with Gasteiger partial charge in [-0.15, -0.1) is 0 Å². The SMILES string of the molecule is CC(=O)Nc1cc(C(F)(F)F)ccc1OC[C@@H]1CO1. The lowest BCUT2D eigenvalue weighted by Crippen LogP contribution is -2.12. The molecule has 7 heteroatoms. The molecule has 1 aromatic rings. The number of alkyl halides is 3. The van der Waals surface area contributed by atoms with Crippen molar-refractivity contribution in [3.63, 3.8) is 0 Å². The Morgan fingerprint density at radius 2 is 2.21 bits per heavy atom. The third kappa shape index (κ3) is 3.85. The molecule has 1 aromatic carbocycles. The number of carbonyl (C=O) groups is 1. The Kier molecular flexibility index (Phi) is 3.66. The zero-order valence-electron chi connectivity index (χ0n) is 10.1. The van der Waals surface area contributed by atoms with Gasteiger partial charge in [-0.2, -0.15) is 13.2 Å². The second-order valence-corrected chi connectivity index (χ2v) is 4.16. The zero-order chi connectivity index (χ0) is 14.0. The summed E-state index contributed by atoms with van der Waals surface area (Å²) in [4.78, 5) is 11.0. The zero-order valence-corrected chi connectivity index (χ0v) is 10.1. The van der Waals surface area contributed by atoms with Crippen molar-refractivity contribution in [2.45, 2.75) is 19.2 Å². The average molecular weight is 275 g/mol. The molecule has 1 atom stereocenters. The minimum Gasteiger partial charge on any atom is -0.489 e. The summed E-state index contributed by atoms with van der Waals surface area (Å²) in [6, 6.07) is 2.95. The van der Waals surface area contributed by atoms with Gasteiger partial charge in [0.15, 0.2) is 0 Å². The van der Waals surface area contributed by atoms with Crippen LogP contribution in [0.5, 0.6) is 5.75 Å². The lowest BCUT2D eigenvalue weighted by atomic mass is 10.1. The fourth-order valence-electron chi connectivity index (χ4n) is 1.47. The number of nitrogens with one attached hydrogen (secondary N) is 1. The van der Waals surface area contributed by atoms with Crippen molar-refractivity contribution in [2.75, 3.05) is 18.5 Å². The van der Waals surface area contributed by atoms with E-state index < -0.39 is 17.6 Å². The maximum atomic E-state index is 12.6. The second-order valence-electron chi connectivity index (χ2n) is 4.16. The predicted molar refractivity (Wildman–Crippen MR) is 61.0 cm³/mol. The maximum absolute atomic E-state index is 12.6. The molecule has 1 fully saturated rings. The highest BCUT2D eigenvalue weighted by Gasteiger charge is 2.31. The molecule has 1 aliphatic rings. The van der Waals surface area contributed by atoms with E-state index in [0.717, 1.165) is 12.1 Å². The first-order valence-electron chi connectivity index (χ1n) is 5.59. The van der Waals surface area contributed by atoms with Crippen molar-refractivity contribution < 1.29 is 27.4 Å². The highest BCUT2D eigenvalue weighted by Crippen LogP contribution is 2.35. The number of carbonyl (C=O) groups excluding carboxylic acids is 1. The van der Waals surface area contributed by atoms with Crippen molar-refractivity contribution in [3.8, 4) is 5.75 Å². The van der Waals surface area contributed by atoms with Gasteiger partial charge in [0.1, 0.15) is 18.5 Å². The van der Waals surface area contributed by atoms with Gasteiger partial charge in [-0.1, -0.05) is 0 Å². The summed E-state index contributed by atoms with van der Waals surface area (Å²) < 4.78 is 48.0. The Morgan fingerprint density at radius 3 is 2.74 bits per heavy atom. The fourth-order valence-corrected chi connectivity index (χ4v) is 1.47. The molecular weight excluding hydrogens is 263 g/mol. The number of benzene rings is 1. The summed E-state index contributed by atoms with van der Waals surface area (Å²) in [5, 5.41) is 2.33. The summed E-state index contributed by atoms with van der Waals surface area (Å²) in [5.41, 5.74) is -0.839. The minimum atomic E-state index is -4.47. The van der Waals surface area contributed by atoms with E-state index in [9.17, 15) is 18.0 Å². The molecule has 0 radical (unpaired) electrons. The molecule has 1 saturated heterocycles.